The molecule has 3 aliphatic rings. The Kier molecular flexibility index (Phi) is 5.64. The number of carbonyl (C=O) groups is 1. The smallest absolute Gasteiger partial charge is 0.173 e. The molecule has 3 heterocycles. The van der Waals surface area contributed by atoms with Crippen molar-refractivity contribution in [2.45, 2.75) is 39.7 Å². The van der Waals surface area contributed by atoms with Crippen LogP contribution < -0.4 is 4.90 Å². The Morgan fingerprint density at radius 3 is 2.68 bits per heavy atom. The number of carbonyl (C=O) groups excluding carboxylic acids is 1. The Morgan fingerprint density at radius 1 is 1.10 bits per heavy atom. The van der Waals surface area contributed by atoms with Gasteiger partial charge >= 0.3 is 0 Å². The van der Waals surface area contributed by atoms with Gasteiger partial charge in [-0.25, -0.2) is 0 Å². The van der Waals surface area contributed by atoms with Crippen LogP contribution >= 0.6 is 11.3 Å². The Bertz CT molecular complexity index is 1050. The van der Waals surface area contributed by atoms with Gasteiger partial charge in [-0.1, -0.05) is 50.0 Å². The molecule has 4 nitrogen and oxygen atoms in total. The second kappa shape index (κ2) is 8.43. The minimum absolute atomic E-state index is 0.000442. The first-order chi connectivity index (χ1) is 15.0. The van der Waals surface area contributed by atoms with Crippen LogP contribution in [0.3, 0.4) is 0 Å². The van der Waals surface area contributed by atoms with Gasteiger partial charge in [-0.3, -0.25) is 9.69 Å². The van der Waals surface area contributed by atoms with Crippen LogP contribution in [0.15, 0.2) is 24.3 Å². The van der Waals surface area contributed by atoms with E-state index in [-0.39, 0.29) is 11.2 Å². The number of rotatable bonds is 2. The van der Waals surface area contributed by atoms with E-state index in [1.807, 2.05) is 0 Å². The molecule has 5 rings (SSSR count). The molecule has 2 aliphatic heterocycles. The molecule has 0 radical (unpaired) electrons. The normalized spacial score (nSPS) is 20.6. The lowest BCUT2D eigenvalue weighted by Gasteiger charge is -2.29. The topological polar surface area (TPSA) is 32.8 Å². The van der Waals surface area contributed by atoms with E-state index >= 15 is 0 Å². The van der Waals surface area contributed by atoms with E-state index in [1.165, 1.54) is 21.7 Å². The van der Waals surface area contributed by atoms with Crippen molar-refractivity contribution < 1.29 is 9.53 Å². The maximum atomic E-state index is 12.9. The minimum atomic E-state index is 0.000442. The van der Waals surface area contributed by atoms with Crippen LogP contribution in [0.2, 0.25) is 0 Å². The average Bonchev–Trinajstić information content (AvgIpc) is 3.12. The monoisotopic (exact) mass is 434 g/mol. The van der Waals surface area contributed by atoms with Crippen molar-refractivity contribution in [2.75, 3.05) is 44.3 Å². The van der Waals surface area contributed by atoms with Crippen molar-refractivity contribution >= 4 is 22.1 Å². The molecule has 31 heavy (non-hydrogen) atoms. The first kappa shape index (κ1) is 20.8. The number of anilines is 1. The van der Waals surface area contributed by atoms with Crippen LogP contribution in [-0.2, 0) is 24.1 Å². The molecule has 0 spiro atoms. The van der Waals surface area contributed by atoms with Gasteiger partial charge in [-0.05, 0) is 34.9 Å². The van der Waals surface area contributed by atoms with E-state index < -0.39 is 0 Å². The molecule has 0 saturated carbocycles. The van der Waals surface area contributed by atoms with Gasteiger partial charge < -0.3 is 9.64 Å². The Morgan fingerprint density at radius 2 is 1.87 bits per heavy atom. The molecule has 162 valence electrons. The highest BCUT2D eigenvalue weighted by molar-refractivity contribution is 7.18. The second-order valence-corrected chi connectivity index (χ2v) is 10.7. The highest BCUT2D eigenvalue weighted by Crippen LogP contribution is 2.44. The van der Waals surface area contributed by atoms with Gasteiger partial charge in [-0.15, -0.1) is 11.3 Å². The molecule has 0 amide bonds. The van der Waals surface area contributed by atoms with E-state index in [2.05, 4.69) is 59.8 Å². The van der Waals surface area contributed by atoms with Crippen LogP contribution in [0.4, 0.5) is 5.00 Å². The fraction of sp³-hybridized carbons (Fsp3) is 0.500. The lowest BCUT2D eigenvalue weighted by molar-refractivity contribution is 0.0917. The molecule has 0 unspecified atom stereocenters. The number of ether oxygens (including phenoxy) is 1. The maximum Gasteiger partial charge on any atom is 0.173 e. The number of nitrogens with zero attached hydrogens (tertiary/aromatic N) is 2. The number of fused-ring (bicyclic) bond motifs is 2. The average molecular weight is 435 g/mol. The van der Waals surface area contributed by atoms with Crippen LogP contribution in [0.5, 0.6) is 0 Å². The quantitative estimate of drug-likeness (QED) is 0.665. The summed E-state index contributed by atoms with van der Waals surface area (Å²) in [6.07, 6.45) is 2.65. The Hall–Kier alpha value is -2.13. The predicted molar refractivity (Wildman–Crippen MR) is 126 cm³/mol. The molecule has 1 fully saturated rings. The fourth-order valence-corrected chi connectivity index (χ4v) is 6.21. The summed E-state index contributed by atoms with van der Waals surface area (Å²) in [4.78, 5) is 18.6. The van der Waals surface area contributed by atoms with Gasteiger partial charge in [0.25, 0.3) is 0 Å². The SMILES string of the molecule is CC1(C)CC(=O)c2sc(N3CCOCC3)c(C#CCN3CCc4ccccc4C3)c2C1. The molecule has 1 saturated heterocycles. The predicted octanol–water partition coefficient (Wildman–Crippen LogP) is 4.15. The maximum absolute atomic E-state index is 12.9. The number of benzene rings is 1. The zero-order valence-corrected chi connectivity index (χ0v) is 19.3. The first-order valence-corrected chi connectivity index (χ1v) is 12.1. The standard InChI is InChI=1S/C26H30N2O2S/c1-26(2)16-22-21(8-5-10-27-11-9-19-6-3-4-7-20(19)18-27)25(28-12-14-30-15-13-28)31-24(22)23(29)17-26/h3-4,6-7H,9-18H2,1-2H3. The molecule has 0 atom stereocenters. The molecular weight excluding hydrogens is 404 g/mol. The van der Waals surface area contributed by atoms with E-state index in [9.17, 15) is 4.79 Å². The summed E-state index contributed by atoms with van der Waals surface area (Å²) >= 11 is 1.66. The number of morpholine rings is 1. The molecule has 0 bridgehead atoms. The van der Waals surface area contributed by atoms with Gasteiger partial charge in [0, 0.05) is 32.6 Å². The summed E-state index contributed by atoms with van der Waals surface area (Å²) in [5, 5.41) is 1.18. The van der Waals surface area contributed by atoms with Crippen molar-refractivity contribution in [1.82, 2.24) is 4.90 Å². The van der Waals surface area contributed by atoms with E-state index in [1.54, 1.807) is 11.3 Å². The molecule has 1 aliphatic carbocycles. The minimum Gasteiger partial charge on any atom is -0.378 e. The lowest BCUT2D eigenvalue weighted by Crippen LogP contribution is -2.36. The van der Waals surface area contributed by atoms with Crippen LogP contribution in [-0.4, -0.2) is 50.1 Å². The molecule has 2 aromatic rings. The molecule has 5 heteroatoms. The van der Waals surface area contributed by atoms with E-state index in [4.69, 9.17) is 4.74 Å². The molecule has 1 aromatic heterocycles. The van der Waals surface area contributed by atoms with E-state index in [0.29, 0.717) is 6.42 Å². The number of hydrogen-bond acceptors (Lipinski definition) is 5. The summed E-state index contributed by atoms with van der Waals surface area (Å²) in [6.45, 7) is 10.4. The zero-order chi connectivity index (χ0) is 21.4. The highest BCUT2D eigenvalue weighted by atomic mass is 32.1. The molecular formula is C26H30N2O2S. The number of Topliss-reactive ketones (excluding diaryl/α,β-unsaturated/α-hetero) is 1. The van der Waals surface area contributed by atoms with Gasteiger partial charge in [0.15, 0.2) is 5.78 Å². The Balaban J connectivity index is 1.43. The number of hydrogen-bond donors (Lipinski definition) is 0. The summed E-state index contributed by atoms with van der Waals surface area (Å²) in [6, 6.07) is 8.72. The highest BCUT2D eigenvalue weighted by Gasteiger charge is 2.36. The zero-order valence-electron chi connectivity index (χ0n) is 18.5. The first-order valence-electron chi connectivity index (χ1n) is 11.3. The lowest BCUT2D eigenvalue weighted by atomic mass is 9.75. The van der Waals surface area contributed by atoms with Crippen LogP contribution in [0.25, 0.3) is 0 Å². The molecule has 0 N–H and O–H groups in total. The van der Waals surface area contributed by atoms with Crippen LogP contribution in [0.1, 0.15) is 52.2 Å². The number of thiophene rings is 1. The number of ketones is 1. The van der Waals surface area contributed by atoms with Crippen LogP contribution in [0, 0.1) is 17.3 Å². The van der Waals surface area contributed by atoms with Gasteiger partial charge in [0.1, 0.15) is 5.00 Å². The van der Waals surface area contributed by atoms with Crippen molar-refractivity contribution in [3.63, 3.8) is 0 Å². The van der Waals surface area contributed by atoms with Gasteiger partial charge in [-0.2, -0.15) is 0 Å². The summed E-state index contributed by atoms with van der Waals surface area (Å²) in [7, 11) is 0. The van der Waals surface area contributed by atoms with Crippen molar-refractivity contribution in [1.29, 1.82) is 0 Å². The van der Waals surface area contributed by atoms with Crippen molar-refractivity contribution in [3.8, 4) is 11.8 Å². The summed E-state index contributed by atoms with van der Waals surface area (Å²) in [5.41, 5.74) is 5.17. The largest absolute Gasteiger partial charge is 0.378 e. The van der Waals surface area contributed by atoms with Gasteiger partial charge in [0.05, 0.1) is 30.2 Å². The van der Waals surface area contributed by atoms with Gasteiger partial charge in [0.2, 0.25) is 0 Å². The Labute approximate surface area is 189 Å². The third kappa shape index (κ3) is 4.30. The van der Waals surface area contributed by atoms with Crippen molar-refractivity contribution in [3.05, 3.63) is 51.4 Å². The molecule has 1 aromatic carbocycles. The fourth-order valence-electron chi connectivity index (χ4n) is 4.95. The third-order valence-corrected chi connectivity index (χ3v) is 7.89. The van der Waals surface area contributed by atoms with Crippen molar-refractivity contribution in [2.24, 2.45) is 5.41 Å². The second-order valence-electron chi connectivity index (χ2n) is 9.66. The van der Waals surface area contributed by atoms with E-state index in [0.717, 1.165) is 69.2 Å². The summed E-state index contributed by atoms with van der Waals surface area (Å²) in [5.74, 6) is 7.29. The third-order valence-electron chi connectivity index (χ3n) is 6.56. The summed E-state index contributed by atoms with van der Waals surface area (Å²) < 4.78 is 5.56.